The minimum Gasteiger partial charge on any atom is -0.335 e. The van der Waals surface area contributed by atoms with Gasteiger partial charge in [0.05, 0.1) is 0 Å². The van der Waals surface area contributed by atoms with Crippen LogP contribution in [-0.4, -0.2) is 6.41 Å². The molecule has 0 saturated carbocycles. The van der Waals surface area contributed by atoms with Crippen LogP contribution in [0.1, 0.15) is 5.56 Å². The molecule has 0 unspecified atom stereocenters. The zero-order valence-corrected chi connectivity index (χ0v) is 6.63. The van der Waals surface area contributed by atoms with E-state index >= 15 is 0 Å². The molecule has 1 aromatic rings. The van der Waals surface area contributed by atoms with E-state index in [9.17, 15) is 13.6 Å². The first-order chi connectivity index (χ1) is 6.22. The molecule has 1 aromatic carbocycles. The van der Waals surface area contributed by atoms with Crippen LogP contribution in [0.25, 0.3) is 6.08 Å². The predicted octanol–water partition coefficient (Wildman–Crippen LogP) is 1.68. The average Bonchev–Trinajstić information content (AvgIpc) is 2.03. The van der Waals surface area contributed by atoms with Crippen LogP contribution in [0.3, 0.4) is 0 Å². The smallest absolute Gasteiger partial charge is 0.211 e. The van der Waals surface area contributed by atoms with Crippen molar-refractivity contribution in [3.8, 4) is 0 Å². The molecule has 0 aliphatic carbocycles. The van der Waals surface area contributed by atoms with Gasteiger partial charge in [0.25, 0.3) is 0 Å². The summed E-state index contributed by atoms with van der Waals surface area (Å²) >= 11 is 0. The first kappa shape index (κ1) is 9.38. The van der Waals surface area contributed by atoms with Crippen LogP contribution in [0.2, 0.25) is 0 Å². The zero-order chi connectivity index (χ0) is 9.68. The van der Waals surface area contributed by atoms with Crippen molar-refractivity contribution in [2.45, 2.75) is 0 Å². The van der Waals surface area contributed by atoms with Gasteiger partial charge in [-0.25, -0.2) is 8.78 Å². The molecule has 0 aliphatic rings. The number of hydrogen-bond acceptors (Lipinski definition) is 1. The van der Waals surface area contributed by atoms with E-state index in [0.717, 1.165) is 18.2 Å². The van der Waals surface area contributed by atoms with Crippen molar-refractivity contribution in [1.29, 1.82) is 0 Å². The third kappa shape index (κ3) is 3.02. The van der Waals surface area contributed by atoms with E-state index in [1.165, 1.54) is 12.3 Å². The molecule has 2 nitrogen and oxygen atoms in total. The molecule has 0 radical (unpaired) electrons. The fourth-order valence-electron chi connectivity index (χ4n) is 0.855. The van der Waals surface area contributed by atoms with Crippen LogP contribution in [0, 0.1) is 11.6 Å². The van der Waals surface area contributed by atoms with Gasteiger partial charge >= 0.3 is 0 Å². The first-order valence-corrected chi connectivity index (χ1v) is 3.55. The molecular formula is C9H7F2NO. The van der Waals surface area contributed by atoms with Crippen LogP contribution in [-0.2, 0) is 4.79 Å². The standard InChI is InChI=1S/C9H7F2NO/c10-8-3-7(1-2-12-6-13)4-9(11)5-8/h1-6H,(H,12,13)/b2-1+. The predicted molar refractivity (Wildman–Crippen MR) is 44.6 cm³/mol. The Morgan fingerprint density at radius 3 is 2.31 bits per heavy atom. The maximum Gasteiger partial charge on any atom is 0.211 e. The molecule has 1 rings (SSSR count). The molecule has 0 fully saturated rings. The summed E-state index contributed by atoms with van der Waals surface area (Å²) in [7, 11) is 0. The molecule has 0 saturated heterocycles. The van der Waals surface area contributed by atoms with E-state index in [4.69, 9.17) is 0 Å². The molecule has 1 amide bonds. The quantitative estimate of drug-likeness (QED) is 0.709. The van der Waals surface area contributed by atoms with Crippen LogP contribution < -0.4 is 5.32 Å². The minimum atomic E-state index is -0.647. The van der Waals surface area contributed by atoms with Crippen LogP contribution in [0.5, 0.6) is 0 Å². The number of rotatable bonds is 3. The lowest BCUT2D eigenvalue weighted by Gasteiger charge is -1.94. The Balaban J connectivity index is 2.82. The SMILES string of the molecule is O=CN/C=C/c1cc(F)cc(F)c1. The fraction of sp³-hybridized carbons (Fsp3) is 0. The highest BCUT2D eigenvalue weighted by molar-refractivity contribution is 5.55. The van der Waals surface area contributed by atoms with E-state index in [2.05, 4.69) is 5.32 Å². The third-order valence-corrected chi connectivity index (χ3v) is 1.32. The monoisotopic (exact) mass is 183 g/mol. The lowest BCUT2D eigenvalue weighted by Crippen LogP contribution is -1.98. The fourth-order valence-corrected chi connectivity index (χ4v) is 0.855. The van der Waals surface area contributed by atoms with Gasteiger partial charge in [-0.3, -0.25) is 4.79 Å². The van der Waals surface area contributed by atoms with E-state index in [0.29, 0.717) is 12.0 Å². The Morgan fingerprint density at radius 2 is 1.77 bits per heavy atom. The molecule has 0 aliphatic heterocycles. The number of nitrogens with one attached hydrogen (secondary N) is 1. The maximum absolute atomic E-state index is 12.6. The van der Waals surface area contributed by atoms with Gasteiger partial charge in [-0.15, -0.1) is 0 Å². The summed E-state index contributed by atoms with van der Waals surface area (Å²) in [5, 5.41) is 2.23. The van der Waals surface area contributed by atoms with Crippen molar-refractivity contribution in [3.63, 3.8) is 0 Å². The van der Waals surface area contributed by atoms with Gasteiger partial charge in [-0.2, -0.15) is 0 Å². The molecule has 13 heavy (non-hydrogen) atoms. The second kappa shape index (κ2) is 4.35. The largest absolute Gasteiger partial charge is 0.335 e. The molecular weight excluding hydrogens is 176 g/mol. The summed E-state index contributed by atoms with van der Waals surface area (Å²) in [5.41, 5.74) is 0.354. The van der Waals surface area contributed by atoms with E-state index in [1.807, 2.05) is 0 Å². The van der Waals surface area contributed by atoms with Crippen molar-refractivity contribution in [1.82, 2.24) is 5.32 Å². The average molecular weight is 183 g/mol. The van der Waals surface area contributed by atoms with Crippen molar-refractivity contribution < 1.29 is 13.6 Å². The second-order valence-electron chi connectivity index (χ2n) is 2.32. The summed E-state index contributed by atoms with van der Waals surface area (Å²) in [5.74, 6) is -1.29. The molecule has 1 N–H and O–H groups in total. The number of carbonyl (C=O) groups excluding carboxylic acids is 1. The van der Waals surface area contributed by atoms with Gasteiger partial charge in [0.2, 0.25) is 6.41 Å². The Kier molecular flexibility index (Phi) is 3.14. The van der Waals surface area contributed by atoms with Crippen molar-refractivity contribution >= 4 is 12.5 Å². The van der Waals surface area contributed by atoms with Gasteiger partial charge in [-0.1, -0.05) is 0 Å². The Hall–Kier alpha value is -1.71. The second-order valence-corrected chi connectivity index (χ2v) is 2.32. The van der Waals surface area contributed by atoms with Gasteiger partial charge in [-0.05, 0) is 23.8 Å². The lowest BCUT2D eigenvalue weighted by atomic mass is 10.2. The lowest BCUT2D eigenvalue weighted by molar-refractivity contribution is -0.108. The third-order valence-electron chi connectivity index (χ3n) is 1.32. The molecule has 0 spiro atoms. The Labute approximate surface area is 73.9 Å². The molecule has 0 bridgehead atoms. The van der Waals surface area contributed by atoms with Gasteiger partial charge in [0.15, 0.2) is 0 Å². The first-order valence-electron chi connectivity index (χ1n) is 3.55. The van der Waals surface area contributed by atoms with Crippen molar-refractivity contribution in [2.75, 3.05) is 0 Å². The normalized spacial score (nSPS) is 10.3. The van der Waals surface area contributed by atoms with Crippen LogP contribution in [0.15, 0.2) is 24.4 Å². The minimum absolute atomic E-state index is 0.354. The topological polar surface area (TPSA) is 29.1 Å². The molecule has 0 atom stereocenters. The highest BCUT2D eigenvalue weighted by Crippen LogP contribution is 2.08. The number of amides is 1. The van der Waals surface area contributed by atoms with E-state index in [1.54, 1.807) is 0 Å². The number of benzene rings is 1. The van der Waals surface area contributed by atoms with Gasteiger partial charge in [0.1, 0.15) is 11.6 Å². The van der Waals surface area contributed by atoms with Crippen molar-refractivity contribution in [2.24, 2.45) is 0 Å². The summed E-state index contributed by atoms with van der Waals surface area (Å²) < 4.78 is 25.1. The highest BCUT2D eigenvalue weighted by atomic mass is 19.1. The Bertz CT molecular complexity index is 316. The Morgan fingerprint density at radius 1 is 1.15 bits per heavy atom. The number of hydrogen-bond donors (Lipinski definition) is 1. The van der Waals surface area contributed by atoms with Crippen LogP contribution >= 0.6 is 0 Å². The summed E-state index contributed by atoms with van der Waals surface area (Å²) in [6.07, 6.45) is 3.15. The molecule has 4 heteroatoms. The van der Waals surface area contributed by atoms with E-state index in [-0.39, 0.29) is 0 Å². The summed E-state index contributed by atoms with van der Waals surface area (Å²) in [6, 6.07) is 3.10. The van der Waals surface area contributed by atoms with Crippen LogP contribution in [0.4, 0.5) is 8.78 Å². The molecule has 0 heterocycles. The summed E-state index contributed by atoms with van der Waals surface area (Å²) in [4.78, 5) is 9.82. The number of halogens is 2. The highest BCUT2D eigenvalue weighted by Gasteiger charge is 1.96. The van der Waals surface area contributed by atoms with Gasteiger partial charge in [0, 0.05) is 12.3 Å². The molecule has 0 aromatic heterocycles. The van der Waals surface area contributed by atoms with Gasteiger partial charge < -0.3 is 5.32 Å². The maximum atomic E-state index is 12.6. The summed E-state index contributed by atoms with van der Waals surface area (Å²) in [6.45, 7) is 0. The van der Waals surface area contributed by atoms with E-state index < -0.39 is 11.6 Å². The number of carbonyl (C=O) groups is 1. The zero-order valence-electron chi connectivity index (χ0n) is 6.63. The molecule has 68 valence electrons. The van der Waals surface area contributed by atoms with Crippen molar-refractivity contribution in [3.05, 3.63) is 41.6 Å².